The summed E-state index contributed by atoms with van der Waals surface area (Å²) in [6.07, 6.45) is 3.75. The summed E-state index contributed by atoms with van der Waals surface area (Å²) in [6, 6.07) is 17.9. The predicted octanol–water partition coefficient (Wildman–Crippen LogP) is 5.68. The summed E-state index contributed by atoms with van der Waals surface area (Å²) in [5, 5.41) is 9.81. The lowest BCUT2D eigenvalue weighted by molar-refractivity contribution is -0.139. The largest absolute Gasteiger partial charge is 0.462 e. The maximum Gasteiger partial charge on any atom is 0.338 e. The van der Waals surface area contributed by atoms with Gasteiger partial charge < -0.3 is 15.0 Å². The summed E-state index contributed by atoms with van der Waals surface area (Å²) < 4.78 is 7.46. The second-order valence-electron chi connectivity index (χ2n) is 8.28. The van der Waals surface area contributed by atoms with Crippen LogP contribution in [-0.2, 0) is 15.3 Å². The molecule has 2 aromatic carbocycles. The molecule has 0 fully saturated rings. The molecule has 174 valence electrons. The van der Waals surface area contributed by atoms with Gasteiger partial charge in [-0.15, -0.1) is 5.10 Å². The normalized spacial score (nSPS) is 15.3. The van der Waals surface area contributed by atoms with E-state index >= 15 is 0 Å². The van der Waals surface area contributed by atoms with Crippen LogP contribution in [0.25, 0.3) is 10.9 Å². The third kappa shape index (κ3) is 4.33. The molecule has 8 heteroatoms. The Hall–Kier alpha value is -3.52. The Morgan fingerprint density at radius 3 is 2.76 bits per heavy atom. The molecule has 2 aromatic heterocycles. The van der Waals surface area contributed by atoms with Crippen LogP contribution in [0.5, 0.6) is 0 Å². The number of anilines is 1. The first-order valence-electron chi connectivity index (χ1n) is 11.5. The summed E-state index contributed by atoms with van der Waals surface area (Å²) in [5.41, 5.74) is 4.46. The van der Waals surface area contributed by atoms with Crippen molar-refractivity contribution in [1.82, 2.24) is 19.7 Å². The number of hydrogen-bond donors (Lipinski definition) is 2. The van der Waals surface area contributed by atoms with E-state index in [9.17, 15) is 4.79 Å². The molecular weight excluding hydrogens is 446 g/mol. The number of aromatic nitrogens is 4. The number of esters is 1. The Morgan fingerprint density at radius 2 is 1.94 bits per heavy atom. The van der Waals surface area contributed by atoms with Crippen molar-refractivity contribution in [2.24, 2.45) is 0 Å². The van der Waals surface area contributed by atoms with E-state index in [1.165, 1.54) is 5.56 Å². The molecule has 3 heterocycles. The molecule has 4 aromatic rings. The molecular formula is C26H27N5O2S. The van der Waals surface area contributed by atoms with Crippen molar-refractivity contribution in [3.63, 3.8) is 0 Å². The molecule has 0 bridgehead atoms. The number of carbonyl (C=O) groups is 1. The Bertz CT molecular complexity index is 1340. The highest BCUT2D eigenvalue weighted by atomic mass is 32.2. The van der Waals surface area contributed by atoms with Crippen molar-refractivity contribution in [2.75, 3.05) is 11.9 Å². The minimum absolute atomic E-state index is 0.326. The van der Waals surface area contributed by atoms with E-state index in [1.807, 2.05) is 54.2 Å². The first-order chi connectivity index (χ1) is 16.7. The Morgan fingerprint density at radius 1 is 1.15 bits per heavy atom. The van der Waals surface area contributed by atoms with E-state index in [4.69, 9.17) is 14.8 Å². The van der Waals surface area contributed by atoms with Crippen molar-refractivity contribution in [2.45, 2.75) is 43.6 Å². The number of fused-ring (bicyclic) bond motifs is 2. The smallest absolute Gasteiger partial charge is 0.338 e. The number of hydrogen-bond acceptors (Lipinski definition) is 6. The van der Waals surface area contributed by atoms with Crippen molar-refractivity contribution < 1.29 is 9.53 Å². The van der Waals surface area contributed by atoms with Crippen molar-refractivity contribution in [1.29, 1.82) is 0 Å². The number of benzene rings is 2. The summed E-state index contributed by atoms with van der Waals surface area (Å²) in [6.45, 7) is 4.37. The van der Waals surface area contributed by atoms with Gasteiger partial charge in [0.1, 0.15) is 6.04 Å². The highest BCUT2D eigenvalue weighted by Gasteiger charge is 2.36. The number of allylic oxidation sites excluding steroid dienone is 1. The molecule has 1 aliphatic heterocycles. The van der Waals surface area contributed by atoms with Crippen LogP contribution < -0.4 is 5.32 Å². The van der Waals surface area contributed by atoms with E-state index in [-0.39, 0.29) is 5.97 Å². The third-order valence-electron chi connectivity index (χ3n) is 5.91. The molecule has 2 N–H and O–H groups in total. The van der Waals surface area contributed by atoms with Gasteiger partial charge in [-0.3, -0.25) is 0 Å². The maximum absolute atomic E-state index is 13.3. The van der Waals surface area contributed by atoms with E-state index in [1.54, 1.807) is 11.8 Å². The fraction of sp³-hybridized carbons (Fsp3) is 0.269. The number of nitrogens with one attached hydrogen (secondary N) is 2. The fourth-order valence-corrected chi connectivity index (χ4v) is 4.96. The fourth-order valence-electron chi connectivity index (χ4n) is 4.17. The van der Waals surface area contributed by atoms with E-state index in [2.05, 4.69) is 35.4 Å². The number of unbranched alkanes of at least 4 members (excludes halogenated alkanes) is 1. The summed E-state index contributed by atoms with van der Waals surface area (Å²) in [5.74, 6) is 1.06. The second kappa shape index (κ2) is 9.77. The maximum atomic E-state index is 13.3. The molecule has 0 spiro atoms. The lowest BCUT2D eigenvalue weighted by Gasteiger charge is -2.27. The average Bonchev–Trinajstić information content (AvgIpc) is 3.46. The van der Waals surface area contributed by atoms with Crippen molar-refractivity contribution in [3.8, 4) is 0 Å². The van der Waals surface area contributed by atoms with Gasteiger partial charge >= 0.3 is 5.97 Å². The van der Waals surface area contributed by atoms with Gasteiger partial charge in [-0.2, -0.15) is 4.98 Å². The van der Waals surface area contributed by atoms with Crippen molar-refractivity contribution in [3.05, 3.63) is 83.2 Å². The third-order valence-corrected chi connectivity index (χ3v) is 6.82. The van der Waals surface area contributed by atoms with Crippen molar-refractivity contribution >= 4 is 34.6 Å². The SMILES string of the molecule is CCCCOC(=O)C1=C(C)Nc2nc(SCc3ccccc3)nn2C1c1c[nH]c2ccccc12. The monoisotopic (exact) mass is 473 g/mol. The predicted molar refractivity (Wildman–Crippen MR) is 135 cm³/mol. The molecule has 5 rings (SSSR count). The number of thioether (sulfide) groups is 1. The van der Waals surface area contributed by atoms with E-state index < -0.39 is 6.04 Å². The molecule has 0 radical (unpaired) electrons. The number of ether oxygens (including phenoxy) is 1. The number of rotatable bonds is 8. The van der Waals surface area contributed by atoms with Gasteiger partial charge in [-0.05, 0) is 25.0 Å². The first kappa shape index (κ1) is 22.3. The molecule has 0 saturated carbocycles. The molecule has 0 amide bonds. The number of H-pyrrole nitrogens is 1. The van der Waals surface area contributed by atoms with Crippen LogP contribution in [0.15, 0.2) is 77.2 Å². The zero-order valence-electron chi connectivity index (χ0n) is 19.2. The minimum atomic E-state index is -0.444. The van der Waals surface area contributed by atoms with Gasteiger partial charge in [-0.1, -0.05) is 73.6 Å². The van der Waals surface area contributed by atoms with Gasteiger partial charge in [0.15, 0.2) is 0 Å². The van der Waals surface area contributed by atoms with Crippen LogP contribution in [0.2, 0.25) is 0 Å². The number of carbonyl (C=O) groups excluding carboxylic acids is 1. The lowest BCUT2D eigenvalue weighted by atomic mass is 9.95. The topological polar surface area (TPSA) is 84.8 Å². The van der Waals surface area contributed by atoms with E-state index in [0.717, 1.165) is 40.8 Å². The van der Waals surface area contributed by atoms with Gasteiger partial charge in [-0.25, -0.2) is 9.48 Å². The molecule has 1 aliphatic rings. The van der Waals surface area contributed by atoms with Crippen LogP contribution >= 0.6 is 11.8 Å². The van der Waals surface area contributed by atoms with Crippen LogP contribution in [0.1, 0.15) is 43.9 Å². The zero-order valence-corrected chi connectivity index (χ0v) is 20.1. The molecule has 0 saturated heterocycles. The molecule has 0 aliphatic carbocycles. The van der Waals surface area contributed by atoms with Gasteiger partial charge in [0, 0.05) is 34.1 Å². The van der Waals surface area contributed by atoms with Crippen LogP contribution in [0.3, 0.4) is 0 Å². The molecule has 7 nitrogen and oxygen atoms in total. The highest BCUT2D eigenvalue weighted by Crippen LogP contribution is 2.39. The van der Waals surface area contributed by atoms with Gasteiger partial charge in [0.05, 0.1) is 12.2 Å². The number of para-hydroxylation sites is 1. The number of nitrogens with zero attached hydrogens (tertiary/aromatic N) is 3. The summed E-state index contributed by atoms with van der Waals surface area (Å²) in [7, 11) is 0. The zero-order chi connectivity index (χ0) is 23.5. The molecule has 34 heavy (non-hydrogen) atoms. The number of aromatic amines is 1. The Balaban J connectivity index is 1.53. The standard InChI is InChI=1S/C26H27N5O2S/c1-3-4-14-33-24(32)22-17(2)28-25-29-26(34-16-18-10-6-5-7-11-18)30-31(25)23(22)20-15-27-21-13-9-8-12-19(20)21/h5-13,15,23,27H,3-4,14,16H2,1-2H3,(H,28,29,30). The first-order valence-corrected chi connectivity index (χ1v) is 12.5. The summed E-state index contributed by atoms with van der Waals surface area (Å²) in [4.78, 5) is 21.3. The van der Waals surface area contributed by atoms with Crippen LogP contribution in [-0.4, -0.2) is 32.3 Å². The molecule has 1 unspecified atom stereocenters. The summed E-state index contributed by atoms with van der Waals surface area (Å²) >= 11 is 1.57. The Labute approximate surface area is 202 Å². The highest BCUT2D eigenvalue weighted by molar-refractivity contribution is 7.98. The second-order valence-corrected chi connectivity index (χ2v) is 9.22. The van der Waals surface area contributed by atoms with Gasteiger partial charge in [0.25, 0.3) is 0 Å². The van der Waals surface area contributed by atoms with E-state index in [0.29, 0.717) is 23.3 Å². The quantitative estimate of drug-likeness (QED) is 0.194. The van der Waals surface area contributed by atoms with Crippen LogP contribution in [0.4, 0.5) is 5.95 Å². The minimum Gasteiger partial charge on any atom is -0.462 e. The lowest BCUT2D eigenvalue weighted by Crippen LogP contribution is -2.29. The average molecular weight is 474 g/mol. The van der Waals surface area contributed by atoms with Gasteiger partial charge in [0.2, 0.25) is 11.1 Å². The Kier molecular flexibility index (Phi) is 6.40. The molecule has 1 atom stereocenters. The van der Waals surface area contributed by atoms with Crippen LogP contribution in [0, 0.1) is 0 Å².